The van der Waals surface area contributed by atoms with E-state index in [0.717, 1.165) is 79.6 Å². The molecule has 0 bridgehead atoms. The van der Waals surface area contributed by atoms with Crippen molar-refractivity contribution in [2.75, 3.05) is 38.6 Å². The highest BCUT2D eigenvalue weighted by molar-refractivity contribution is 8.00. The Morgan fingerprint density at radius 2 is 1.44 bits per heavy atom. The van der Waals surface area contributed by atoms with Gasteiger partial charge < -0.3 is 14.8 Å². The number of aliphatic imine (C=N–C) groups is 1. The molecule has 2 heterocycles. The maximum Gasteiger partial charge on any atom is 0.421 e. The van der Waals surface area contributed by atoms with Gasteiger partial charge in [-0.25, -0.2) is 9.36 Å². The van der Waals surface area contributed by atoms with E-state index < -0.39 is 6.09 Å². The molecular formula is C44H67N3O4S. The molecule has 2 aliphatic rings. The maximum absolute atomic E-state index is 13.0. The van der Waals surface area contributed by atoms with E-state index in [0.29, 0.717) is 29.7 Å². The molecule has 1 N–H and O–H groups in total. The lowest BCUT2D eigenvalue weighted by Crippen LogP contribution is -2.27. The van der Waals surface area contributed by atoms with Crippen LogP contribution in [0.25, 0.3) is 10.9 Å². The van der Waals surface area contributed by atoms with Crippen LogP contribution in [0.15, 0.2) is 63.9 Å². The lowest BCUT2D eigenvalue weighted by atomic mass is 9.98. The Balaban J connectivity index is 1.02. The lowest BCUT2D eigenvalue weighted by Gasteiger charge is -2.17. The number of allylic oxidation sites excluding steroid dienone is 2. The Morgan fingerprint density at radius 3 is 2.13 bits per heavy atom. The summed E-state index contributed by atoms with van der Waals surface area (Å²) in [5.41, 5.74) is 2.71. The first-order chi connectivity index (χ1) is 25.7. The molecule has 1 aromatic carbocycles. The molecule has 4 rings (SSSR count). The standard InChI is InChI=1S/C44H67N3O4S/c1-2-3-4-5-6-7-8-9-10-11-12-13-14-15-16-17-18-20-34-51-44(49)47-41-36-38(27-25-37(41)26-28-43(47)48)50-33-21-19-30-45-31-32-46-40-23-22-24-42-39(40)29-35-52-42/h22-23,25-29,36,42,45H,2-21,24,30-35H2,1H3. The topological polar surface area (TPSA) is 81.9 Å². The van der Waals surface area contributed by atoms with E-state index in [1.54, 1.807) is 12.1 Å². The number of pyridine rings is 1. The molecule has 288 valence electrons. The molecule has 0 spiro atoms. The van der Waals surface area contributed by atoms with Crippen molar-refractivity contribution in [1.82, 2.24) is 9.88 Å². The van der Waals surface area contributed by atoms with E-state index in [9.17, 15) is 9.59 Å². The van der Waals surface area contributed by atoms with Crippen molar-refractivity contribution in [3.05, 3.63) is 64.5 Å². The smallest absolute Gasteiger partial charge is 0.421 e. The van der Waals surface area contributed by atoms with E-state index in [1.807, 2.05) is 23.9 Å². The fourth-order valence-corrected chi connectivity index (χ4v) is 8.28. The Kier molecular flexibility index (Phi) is 21.0. The molecule has 0 fully saturated rings. The molecule has 1 aromatic heterocycles. The number of unbranched alkanes of at least 4 members (excludes halogenated alkanes) is 18. The molecule has 0 saturated heterocycles. The molecule has 1 unspecified atom stereocenters. The van der Waals surface area contributed by atoms with Crippen LogP contribution in [0.1, 0.15) is 142 Å². The normalized spacial score (nSPS) is 16.1. The Labute approximate surface area is 318 Å². The first-order valence-corrected chi connectivity index (χ1v) is 21.9. The third-order valence-electron chi connectivity index (χ3n) is 10.2. The van der Waals surface area contributed by atoms with Gasteiger partial charge >= 0.3 is 6.09 Å². The summed E-state index contributed by atoms with van der Waals surface area (Å²) in [5, 5.41) is 4.89. The molecule has 0 amide bonds. The number of aromatic nitrogens is 1. The zero-order chi connectivity index (χ0) is 36.5. The van der Waals surface area contributed by atoms with Crippen molar-refractivity contribution in [1.29, 1.82) is 0 Å². The summed E-state index contributed by atoms with van der Waals surface area (Å²) in [7, 11) is 0. The summed E-state index contributed by atoms with van der Waals surface area (Å²) < 4.78 is 12.7. The maximum atomic E-state index is 13.0. The van der Waals surface area contributed by atoms with Crippen molar-refractivity contribution in [3.63, 3.8) is 0 Å². The average molecular weight is 734 g/mol. The average Bonchev–Trinajstić information content (AvgIpc) is 3.65. The van der Waals surface area contributed by atoms with Gasteiger partial charge in [0.1, 0.15) is 5.75 Å². The van der Waals surface area contributed by atoms with Gasteiger partial charge in [-0.05, 0) is 67.5 Å². The number of rotatable bonds is 28. The molecule has 0 saturated carbocycles. The summed E-state index contributed by atoms with van der Waals surface area (Å²) in [5.74, 6) is 1.75. The fourth-order valence-electron chi connectivity index (χ4n) is 7.12. The second-order valence-corrected chi connectivity index (χ2v) is 15.8. The van der Waals surface area contributed by atoms with E-state index in [2.05, 4.69) is 30.5 Å². The Bertz CT molecular complexity index is 1470. The zero-order valence-electron chi connectivity index (χ0n) is 32.2. The number of hydrogen-bond donors (Lipinski definition) is 1. The van der Waals surface area contributed by atoms with E-state index in [1.165, 1.54) is 108 Å². The molecule has 1 aliphatic carbocycles. The predicted octanol–water partition coefficient (Wildman–Crippen LogP) is 11.2. The van der Waals surface area contributed by atoms with Crippen LogP contribution in [0.3, 0.4) is 0 Å². The molecule has 0 radical (unpaired) electrons. The van der Waals surface area contributed by atoms with Crippen LogP contribution in [0, 0.1) is 0 Å². The number of carbonyl (C=O) groups excluding carboxylic acids is 1. The van der Waals surface area contributed by atoms with Crippen LogP contribution in [-0.4, -0.2) is 60.2 Å². The summed E-state index contributed by atoms with van der Waals surface area (Å²) >= 11 is 2.01. The van der Waals surface area contributed by atoms with Gasteiger partial charge in [0.05, 0.1) is 31.0 Å². The van der Waals surface area contributed by atoms with Gasteiger partial charge in [0.25, 0.3) is 5.56 Å². The number of benzene rings is 1. The number of thioether (sulfide) groups is 1. The largest absolute Gasteiger partial charge is 0.494 e. The van der Waals surface area contributed by atoms with Crippen molar-refractivity contribution in [2.24, 2.45) is 4.99 Å². The first-order valence-electron chi connectivity index (χ1n) is 20.9. The first kappa shape index (κ1) is 41.9. The minimum absolute atomic E-state index is 0.326. The summed E-state index contributed by atoms with van der Waals surface area (Å²) in [4.78, 5) is 30.5. The van der Waals surface area contributed by atoms with Crippen LogP contribution in [0.4, 0.5) is 4.79 Å². The van der Waals surface area contributed by atoms with E-state index in [-0.39, 0.29) is 5.56 Å². The summed E-state index contributed by atoms with van der Waals surface area (Å²) in [6.07, 6.45) is 32.8. The third kappa shape index (κ3) is 15.6. The number of hydrogen-bond acceptors (Lipinski definition) is 7. The molecule has 7 nitrogen and oxygen atoms in total. The van der Waals surface area contributed by atoms with Crippen LogP contribution in [-0.2, 0) is 4.74 Å². The van der Waals surface area contributed by atoms with Crippen LogP contribution in [0.5, 0.6) is 5.75 Å². The quantitative estimate of drug-likeness (QED) is 0.0877. The fraction of sp³-hybridized carbons (Fsp3) is 0.659. The second kappa shape index (κ2) is 26.0. The van der Waals surface area contributed by atoms with Gasteiger partial charge in [0, 0.05) is 29.7 Å². The van der Waals surface area contributed by atoms with Crippen LogP contribution >= 0.6 is 11.8 Å². The monoisotopic (exact) mass is 733 g/mol. The van der Waals surface area contributed by atoms with Gasteiger partial charge in [-0.3, -0.25) is 9.79 Å². The SMILES string of the molecule is CCCCCCCCCCCCCCCCCCCCOC(=O)n1c(=O)ccc2ccc(OCCCCNCCN=C3C=CCC4SCC=C34)cc21. The van der Waals surface area contributed by atoms with Gasteiger partial charge in [-0.15, -0.1) is 11.8 Å². The number of fused-ring (bicyclic) bond motifs is 2. The van der Waals surface area contributed by atoms with Crippen molar-refractivity contribution in [2.45, 2.75) is 147 Å². The second-order valence-electron chi connectivity index (χ2n) is 14.5. The zero-order valence-corrected chi connectivity index (χ0v) is 33.0. The van der Waals surface area contributed by atoms with Crippen molar-refractivity contribution >= 4 is 34.5 Å². The van der Waals surface area contributed by atoms with E-state index in [4.69, 9.17) is 14.5 Å². The molecule has 8 heteroatoms. The Hall–Kier alpha value is -2.84. The van der Waals surface area contributed by atoms with Crippen LogP contribution < -0.4 is 15.6 Å². The highest BCUT2D eigenvalue weighted by Crippen LogP contribution is 2.33. The van der Waals surface area contributed by atoms with E-state index >= 15 is 0 Å². The van der Waals surface area contributed by atoms with Gasteiger partial charge in [-0.2, -0.15) is 0 Å². The van der Waals surface area contributed by atoms with Crippen molar-refractivity contribution in [3.8, 4) is 5.75 Å². The molecule has 1 aliphatic heterocycles. The molecule has 2 aromatic rings. The predicted molar refractivity (Wildman–Crippen MR) is 222 cm³/mol. The molecular weight excluding hydrogens is 667 g/mol. The number of ether oxygens (including phenoxy) is 2. The summed E-state index contributed by atoms with van der Waals surface area (Å²) in [6.45, 7) is 5.73. The number of carbonyl (C=O) groups is 1. The minimum Gasteiger partial charge on any atom is -0.494 e. The third-order valence-corrected chi connectivity index (χ3v) is 11.4. The number of nitrogens with zero attached hydrogens (tertiary/aromatic N) is 2. The number of nitrogens with one attached hydrogen (secondary N) is 1. The Morgan fingerprint density at radius 1 is 0.808 bits per heavy atom. The molecule has 52 heavy (non-hydrogen) atoms. The van der Waals surface area contributed by atoms with Gasteiger partial charge in [0.2, 0.25) is 0 Å². The summed E-state index contributed by atoms with van der Waals surface area (Å²) in [6, 6.07) is 8.71. The molecule has 1 atom stereocenters. The van der Waals surface area contributed by atoms with Crippen LogP contribution in [0.2, 0.25) is 0 Å². The van der Waals surface area contributed by atoms with Gasteiger partial charge in [0.15, 0.2) is 0 Å². The minimum atomic E-state index is -0.617. The van der Waals surface area contributed by atoms with Crippen molar-refractivity contribution < 1.29 is 14.3 Å². The highest BCUT2D eigenvalue weighted by atomic mass is 32.2. The van der Waals surface area contributed by atoms with Gasteiger partial charge in [-0.1, -0.05) is 128 Å². The highest BCUT2D eigenvalue weighted by Gasteiger charge is 2.24. The lowest BCUT2D eigenvalue weighted by molar-refractivity contribution is 0.145.